The molecule has 0 radical (unpaired) electrons. The summed E-state index contributed by atoms with van der Waals surface area (Å²) in [5, 5.41) is 1.02. The predicted octanol–water partition coefficient (Wildman–Crippen LogP) is 3.59. The number of benzene rings is 2. The number of rotatable bonds is 5. The van der Waals surface area contributed by atoms with Crippen LogP contribution in [0.15, 0.2) is 48.5 Å². The number of fused-ring (bicyclic) bond motifs is 1. The Labute approximate surface area is 163 Å². The summed E-state index contributed by atoms with van der Waals surface area (Å²) in [5.74, 6) is 1.10. The van der Waals surface area contributed by atoms with Gasteiger partial charge in [-0.05, 0) is 30.2 Å². The van der Waals surface area contributed by atoms with Gasteiger partial charge in [-0.15, -0.1) is 0 Å². The number of amides is 1. The van der Waals surface area contributed by atoms with Gasteiger partial charge < -0.3 is 14.5 Å². The van der Waals surface area contributed by atoms with Crippen LogP contribution in [0.5, 0.6) is 5.75 Å². The summed E-state index contributed by atoms with van der Waals surface area (Å²) in [6, 6.07) is 16.2. The maximum absolute atomic E-state index is 12.5. The standard InChI is InChI=1S/C21H23N3O2S/c1-26-17-8-9-18-19(15-17)27-21(22-18)24-13-11-23(12-14-24)20(25)10-7-16-5-3-2-4-6-16/h2-6,8-9,15H,7,10-14H2,1H3. The van der Waals surface area contributed by atoms with Crippen molar-refractivity contribution < 1.29 is 9.53 Å². The summed E-state index contributed by atoms with van der Waals surface area (Å²) in [5.41, 5.74) is 2.21. The summed E-state index contributed by atoms with van der Waals surface area (Å²) in [4.78, 5) is 21.5. The molecule has 1 amide bonds. The van der Waals surface area contributed by atoms with Crippen molar-refractivity contribution in [1.82, 2.24) is 9.88 Å². The van der Waals surface area contributed by atoms with E-state index in [4.69, 9.17) is 9.72 Å². The van der Waals surface area contributed by atoms with Gasteiger partial charge in [-0.3, -0.25) is 4.79 Å². The largest absolute Gasteiger partial charge is 0.497 e. The van der Waals surface area contributed by atoms with Crippen molar-refractivity contribution in [1.29, 1.82) is 0 Å². The number of ether oxygens (including phenoxy) is 1. The molecule has 27 heavy (non-hydrogen) atoms. The van der Waals surface area contributed by atoms with Gasteiger partial charge in [0.05, 0.1) is 17.3 Å². The van der Waals surface area contributed by atoms with E-state index in [-0.39, 0.29) is 5.91 Å². The molecule has 0 N–H and O–H groups in total. The molecule has 0 unspecified atom stereocenters. The quantitative estimate of drug-likeness (QED) is 0.678. The van der Waals surface area contributed by atoms with E-state index in [1.54, 1.807) is 18.4 Å². The van der Waals surface area contributed by atoms with Gasteiger partial charge in [0.25, 0.3) is 0 Å². The minimum atomic E-state index is 0.243. The molecule has 2 aromatic carbocycles. The van der Waals surface area contributed by atoms with Gasteiger partial charge in [0.15, 0.2) is 5.13 Å². The number of hydrogen-bond donors (Lipinski definition) is 0. The van der Waals surface area contributed by atoms with Gasteiger partial charge in [-0.1, -0.05) is 41.7 Å². The van der Waals surface area contributed by atoms with E-state index in [9.17, 15) is 4.79 Å². The first kappa shape index (κ1) is 17.8. The van der Waals surface area contributed by atoms with E-state index in [2.05, 4.69) is 17.0 Å². The Balaban J connectivity index is 1.33. The Morgan fingerprint density at radius 3 is 2.63 bits per heavy atom. The maximum atomic E-state index is 12.5. The Morgan fingerprint density at radius 2 is 1.89 bits per heavy atom. The van der Waals surface area contributed by atoms with Crippen LogP contribution in [0.25, 0.3) is 10.2 Å². The van der Waals surface area contributed by atoms with E-state index in [1.807, 2.05) is 41.3 Å². The van der Waals surface area contributed by atoms with Crippen LogP contribution in [-0.4, -0.2) is 49.1 Å². The first-order valence-corrected chi connectivity index (χ1v) is 10.1. The highest BCUT2D eigenvalue weighted by atomic mass is 32.1. The monoisotopic (exact) mass is 381 g/mol. The van der Waals surface area contributed by atoms with Gasteiger partial charge in [-0.2, -0.15) is 0 Å². The molecule has 5 nitrogen and oxygen atoms in total. The fraction of sp³-hybridized carbons (Fsp3) is 0.333. The van der Waals surface area contributed by atoms with Gasteiger partial charge in [-0.25, -0.2) is 4.98 Å². The molecule has 1 fully saturated rings. The Kier molecular flexibility index (Phi) is 5.25. The maximum Gasteiger partial charge on any atom is 0.223 e. The number of carbonyl (C=O) groups excluding carboxylic acids is 1. The first-order valence-electron chi connectivity index (χ1n) is 9.24. The molecular weight excluding hydrogens is 358 g/mol. The van der Waals surface area contributed by atoms with Crippen molar-refractivity contribution in [2.45, 2.75) is 12.8 Å². The molecule has 1 aliphatic heterocycles. The number of aromatic nitrogens is 1. The normalized spacial score (nSPS) is 14.6. The Morgan fingerprint density at radius 1 is 1.11 bits per heavy atom. The van der Waals surface area contributed by atoms with Crippen LogP contribution in [0.3, 0.4) is 0 Å². The van der Waals surface area contributed by atoms with Gasteiger partial charge in [0.1, 0.15) is 5.75 Å². The SMILES string of the molecule is COc1ccc2nc(N3CCN(C(=O)CCc4ccccc4)CC3)sc2c1. The van der Waals surface area contributed by atoms with Crippen molar-refractivity contribution in [2.24, 2.45) is 0 Å². The fourth-order valence-electron chi connectivity index (χ4n) is 3.36. The number of carbonyl (C=O) groups is 1. The minimum Gasteiger partial charge on any atom is -0.497 e. The van der Waals surface area contributed by atoms with E-state index < -0.39 is 0 Å². The number of anilines is 1. The minimum absolute atomic E-state index is 0.243. The fourth-order valence-corrected chi connectivity index (χ4v) is 4.40. The highest BCUT2D eigenvalue weighted by Gasteiger charge is 2.23. The molecule has 6 heteroatoms. The second-order valence-electron chi connectivity index (χ2n) is 6.68. The summed E-state index contributed by atoms with van der Waals surface area (Å²) >= 11 is 1.68. The summed E-state index contributed by atoms with van der Waals surface area (Å²) in [6.45, 7) is 3.17. The zero-order valence-electron chi connectivity index (χ0n) is 15.4. The van der Waals surface area contributed by atoms with Gasteiger partial charge in [0.2, 0.25) is 5.91 Å². The smallest absolute Gasteiger partial charge is 0.223 e. The molecule has 0 aliphatic carbocycles. The van der Waals surface area contributed by atoms with Gasteiger partial charge in [0, 0.05) is 32.6 Å². The molecule has 1 aliphatic rings. The highest BCUT2D eigenvalue weighted by Crippen LogP contribution is 2.31. The molecule has 0 spiro atoms. The van der Waals surface area contributed by atoms with Crippen molar-refractivity contribution in [3.8, 4) is 5.75 Å². The molecular formula is C21H23N3O2S. The predicted molar refractivity (Wildman–Crippen MR) is 110 cm³/mol. The zero-order chi connectivity index (χ0) is 18.6. The van der Waals surface area contributed by atoms with Crippen LogP contribution in [0.2, 0.25) is 0 Å². The van der Waals surface area contributed by atoms with Crippen LogP contribution in [0, 0.1) is 0 Å². The van der Waals surface area contributed by atoms with Crippen molar-refractivity contribution in [3.63, 3.8) is 0 Å². The van der Waals surface area contributed by atoms with E-state index >= 15 is 0 Å². The average Bonchev–Trinajstić information content (AvgIpc) is 3.16. The summed E-state index contributed by atoms with van der Waals surface area (Å²) in [6.07, 6.45) is 1.38. The lowest BCUT2D eigenvalue weighted by molar-refractivity contribution is -0.131. The van der Waals surface area contributed by atoms with Crippen LogP contribution in [-0.2, 0) is 11.2 Å². The third-order valence-corrected chi connectivity index (χ3v) is 6.04. The van der Waals surface area contributed by atoms with Crippen LogP contribution >= 0.6 is 11.3 Å². The third kappa shape index (κ3) is 4.06. The Bertz CT molecular complexity index is 918. The van der Waals surface area contributed by atoms with Crippen LogP contribution < -0.4 is 9.64 Å². The van der Waals surface area contributed by atoms with Gasteiger partial charge >= 0.3 is 0 Å². The molecule has 140 valence electrons. The second-order valence-corrected chi connectivity index (χ2v) is 7.69. The molecule has 4 rings (SSSR count). The molecule has 0 atom stereocenters. The molecule has 0 saturated carbocycles. The summed E-state index contributed by atoms with van der Waals surface area (Å²) in [7, 11) is 1.68. The lowest BCUT2D eigenvalue weighted by atomic mass is 10.1. The molecule has 1 aromatic heterocycles. The number of aryl methyl sites for hydroxylation is 1. The van der Waals surface area contributed by atoms with Crippen LogP contribution in [0.4, 0.5) is 5.13 Å². The van der Waals surface area contributed by atoms with Crippen molar-refractivity contribution in [2.75, 3.05) is 38.2 Å². The number of piperazine rings is 1. The average molecular weight is 382 g/mol. The zero-order valence-corrected chi connectivity index (χ0v) is 16.2. The lowest BCUT2D eigenvalue weighted by Gasteiger charge is -2.34. The van der Waals surface area contributed by atoms with Crippen molar-refractivity contribution >= 4 is 32.6 Å². The van der Waals surface area contributed by atoms with E-state index in [1.165, 1.54) is 5.56 Å². The Hall–Kier alpha value is -2.60. The summed E-state index contributed by atoms with van der Waals surface area (Å²) < 4.78 is 6.42. The van der Waals surface area contributed by atoms with E-state index in [0.717, 1.165) is 53.7 Å². The van der Waals surface area contributed by atoms with E-state index in [0.29, 0.717) is 6.42 Å². The van der Waals surface area contributed by atoms with Crippen LogP contribution in [0.1, 0.15) is 12.0 Å². The molecule has 0 bridgehead atoms. The molecule has 3 aromatic rings. The molecule has 2 heterocycles. The van der Waals surface area contributed by atoms with Crippen molar-refractivity contribution in [3.05, 3.63) is 54.1 Å². The lowest BCUT2D eigenvalue weighted by Crippen LogP contribution is -2.48. The third-order valence-electron chi connectivity index (χ3n) is 4.96. The number of methoxy groups -OCH3 is 1. The number of nitrogens with zero attached hydrogens (tertiary/aromatic N) is 3. The molecule has 1 saturated heterocycles. The number of hydrogen-bond acceptors (Lipinski definition) is 5. The highest BCUT2D eigenvalue weighted by molar-refractivity contribution is 7.22. The first-order chi connectivity index (χ1) is 13.2. The number of thiazole rings is 1. The second kappa shape index (κ2) is 7.96. The topological polar surface area (TPSA) is 45.7 Å².